The Bertz CT molecular complexity index is 479. The number of hydrogen-bond donors (Lipinski definition) is 0. The fraction of sp³-hybridized carbons (Fsp3) is 0.471. The van der Waals surface area contributed by atoms with E-state index in [0.717, 1.165) is 17.5 Å². The molecule has 108 valence electrons. The second kappa shape index (κ2) is 5.57. The van der Waals surface area contributed by atoms with Crippen LogP contribution in [0.3, 0.4) is 0 Å². The zero-order chi connectivity index (χ0) is 14.8. The van der Waals surface area contributed by atoms with E-state index in [1.807, 2.05) is 45.0 Å². The molecular formula is C17H22O3. The van der Waals surface area contributed by atoms with Crippen LogP contribution in [0.15, 0.2) is 24.3 Å². The maximum atomic E-state index is 12.7. The van der Waals surface area contributed by atoms with Crippen molar-refractivity contribution < 1.29 is 14.3 Å². The number of ether oxygens (including phenoxy) is 2. The van der Waals surface area contributed by atoms with Gasteiger partial charge in [0.25, 0.3) is 0 Å². The van der Waals surface area contributed by atoms with E-state index in [1.54, 1.807) is 0 Å². The van der Waals surface area contributed by atoms with Gasteiger partial charge in [0.1, 0.15) is 5.60 Å². The van der Waals surface area contributed by atoms with Crippen molar-refractivity contribution in [1.29, 1.82) is 0 Å². The van der Waals surface area contributed by atoms with E-state index in [-0.39, 0.29) is 5.97 Å². The van der Waals surface area contributed by atoms with Gasteiger partial charge in [-0.05, 0) is 58.1 Å². The number of hydrogen-bond acceptors (Lipinski definition) is 3. The second-order valence-electron chi connectivity index (χ2n) is 6.12. The second-order valence-corrected chi connectivity index (χ2v) is 6.12. The molecule has 1 aliphatic heterocycles. The monoisotopic (exact) mass is 274 g/mol. The van der Waals surface area contributed by atoms with Crippen LogP contribution < -0.4 is 0 Å². The third-order valence-corrected chi connectivity index (χ3v) is 3.28. The number of carbonyl (C=O) groups excluding carboxylic acids is 1. The largest absolute Gasteiger partial charge is 0.458 e. The van der Waals surface area contributed by atoms with Crippen LogP contribution in [-0.2, 0) is 19.9 Å². The molecule has 1 fully saturated rings. The van der Waals surface area contributed by atoms with Crippen molar-refractivity contribution in [3.63, 3.8) is 0 Å². The van der Waals surface area contributed by atoms with Gasteiger partial charge in [-0.25, -0.2) is 4.79 Å². The summed E-state index contributed by atoms with van der Waals surface area (Å²) in [5.41, 5.74) is 0.00378. The molecule has 1 unspecified atom stereocenters. The van der Waals surface area contributed by atoms with Gasteiger partial charge in [0.05, 0.1) is 0 Å². The van der Waals surface area contributed by atoms with Gasteiger partial charge >= 0.3 is 5.97 Å². The van der Waals surface area contributed by atoms with Crippen LogP contribution in [0.5, 0.6) is 0 Å². The Kier molecular flexibility index (Phi) is 4.19. The quantitative estimate of drug-likeness (QED) is 0.775. The number of benzene rings is 1. The Morgan fingerprint density at radius 1 is 1.35 bits per heavy atom. The summed E-state index contributed by atoms with van der Waals surface area (Å²) >= 11 is 0. The minimum Gasteiger partial charge on any atom is -0.458 e. The highest BCUT2D eigenvalue weighted by atomic mass is 16.6. The Morgan fingerprint density at radius 3 is 2.60 bits per heavy atom. The van der Waals surface area contributed by atoms with Crippen LogP contribution in [0.4, 0.5) is 0 Å². The van der Waals surface area contributed by atoms with Gasteiger partial charge in [-0.15, -0.1) is 0 Å². The molecule has 0 aromatic heterocycles. The highest BCUT2D eigenvalue weighted by Gasteiger charge is 2.46. The third kappa shape index (κ3) is 3.04. The summed E-state index contributed by atoms with van der Waals surface area (Å²) in [4.78, 5) is 12.7. The summed E-state index contributed by atoms with van der Waals surface area (Å²) in [5.74, 6) is -0.336. The molecule has 0 N–H and O–H groups in total. The molecule has 20 heavy (non-hydrogen) atoms. The van der Waals surface area contributed by atoms with Crippen molar-refractivity contribution in [1.82, 2.24) is 0 Å². The molecule has 3 nitrogen and oxygen atoms in total. The minimum absolute atomic E-state index is 0.336. The molecular weight excluding hydrogens is 252 g/mol. The molecule has 0 spiro atoms. The molecule has 0 saturated carbocycles. The summed E-state index contributed by atoms with van der Waals surface area (Å²) in [6.45, 7) is 10.1. The normalized spacial score (nSPS) is 23.4. The molecule has 1 aliphatic rings. The van der Waals surface area contributed by atoms with E-state index < -0.39 is 11.2 Å². The van der Waals surface area contributed by atoms with Crippen molar-refractivity contribution in [3.8, 4) is 0 Å². The highest BCUT2D eigenvalue weighted by Crippen LogP contribution is 2.38. The van der Waals surface area contributed by atoms with E-state index in [2.05, 4.69) is 13.3 Å². The predicted molar refractivity (Wildman–Crippen MR) is 77.9 cm³/mol. The van der Waals surface area contributed by atoms with E-state index in [4.69, 9.17) is 9.47 Å². The van der Waals surface area contributed by atoms with Crippen molar-refractivity contribution in [2.24, 2.45) is 0 Å². The minimum atomic E-state index is -1.05. The standard InChI is InChI=1S/C17H22O3/c1-13-9-5-6-10-14(13)17(11-7-8-12-19-17)15(18)20-16(2,3)4/h5-7,9-10H,1,8,11-12H2,2-4H3. The van der Waals surface area contributed by atoms with Crippen LogP contribution in [-0.4, -0.2) is 18.2 Å². The fourth-order valence-electron chi connectivity index (χ4n) is 2.40. The van der Waals surface area contributed by atoms with Gasteiger partial charge in [0.15, 0.2) is 5.60 Å². The zero-order valence-electron chi connectivity index (χ0n) is 12.4. The Hall–Kier alpha value is -1.35. The topological polar surface area (TPSA) is 35.5 Å². The summed E-state index contributed by atoms with van der Waals surface area (Å²) in [5, 5.41) is 0. The van der Waals surface area contributed by atoms with E-state index in [9.17, 15) is 4.79 Å². The van der Waals surface area contributed by atoms with Crippen LogP contribution in [0.1, 0.15) is 44.7 Å². The fourth-order valence-corrected chi connectivity index (χ4v) is 2.40. The molecule has 2 rings (SSSR count). The predicted octanol–water partition coefficient (Wildman–Crippen LogP) is 3.42. The maximum absolute atomic E-state index is 12.7. The summed E-state index contributed by atoms with van der Waals surface area (Å²) in [7, 11) is 0. The van der Waals surface area contributed by atoms with Crippen LogP contribution >= 0.6 is 0 Å². The van der Waals surface area contributed by atoms with Crippen molar-refractivity contribution >= 4 is 5.97 Å². The smallest absolute Gasteiger partial charge is 0.343 e. The lowest BCUT2D eigenvalue weighted by molar-refractivity contribution is -0.189. The SMILES string of the molecule is [CH2]c1ccccc1C1(C(=O)OC(C)(C)C)C[CH]CCO1. The van der Waals surface area contributed by atoms with Crippen LogP contribution in [0.2, 0.25) is 0 Å². The van der Waals surface area contributed by atoms with Crippen molar-refractivity contribution in [2.45, 2.75) is 44.8 Å². The van der Waals surface area contributed by atoms with Crippen LogP contribution in [0, 0.1) is 13.3 Å². The molecule has 0 aliphatic carbocycles. The zero-order valence-corrected chi connectivity index (χ0v) is 12.4. The van der Waals surface area contributed by atoms with Gasteiger partial charge in [0, 0.05) is 6.61 Å². The molecule has 0 amide bonds. The van der Waals surface area contributed by atoms with Gasteiger partial charge in [-0.1, -0.05) is 24.3 Å². The molecule has 1 atom stereocenters. The highest BCUT2D eigenvalue weighted by molar-refractivity contribution is 5.83. The van der Waals surface area contributed by atoms with Crippen molar-refractivity contribution in [2.75, 3.05) is 6.61 Å². The average molecular weight is 274 g/mol. The van der Waals surface area contributed by atoms with Gasteiger partial charge in [-0.3, -0.25) is 0 Å². The molecule has 1 aromatic rings. The lowest BCUT2D eigenvalue weighted by Crippen LogP contribution is -2.46. The molecule has 2 radical (unpaired) electrons. The maximum Gasteiger partial charge on any atom is 0.343 e. The number of rotatable bonds is 2. The molecule has 3 heteroatoms. The van der Waals surface area contributed by atoms with Gasteiger partial charge < -0.3 is 9.47 Å². The van der Waals surface area contributed by atoms with Crippen molar-refractivity contribution in [3.05, 3.63) is 48.7 Å². The first-order chi connectivity index (χ1) is 9.35. The first kappa shape index (κ1) is 15.0. The van der Waals surface area contributed by atoms with E-state index >= 15 is 0 Å². The molecule has 1 heterocycles. The first-order valence-electron chi connectivity index (χ1n) is 6.96. The summed E-state index contributed by atoms with van der Waals surface area (Å²) < 4.78 is 11.5. The lowest BCUT2D eigenvalue weighted by atomic mass is 9.84. The van der Waals surface area contributed by atoms with Gasteiger partial charge in [0.2, 0.25) is 0 Å². The Morgan fingerprint density at radius 2 is 2.05 bits per heavy atom. The Balaban J connectivity index is 2.41. The van der Waals surface area contributed by atoms with E-state index in [1.165, 1.54) is 0 Å². The number of esters is 1. The molecule has 0 bridgehead atoms. The Labute approximate surface area is 121 Å². The van der Waals surface area contributed by atoms with Crippen LogP contribution in [0.25, 0.3) is 0 Å². The number of carbonyl (C=O) groups is 1. The summed E-state index contributed by atoms with van der Waals surface area (Å²) in [6.07, 6.45) is 3.46. The molecule has 1 saturated heterocycles. The average Bonchev–Trinajstić information content (AvgIpc) is 2.38. The first-order valence-corrected chi connectivity index (χ1v) is 6.96. The van der Waals surface area contributed by atoms with Gasteiger partial charge in [-0.2, -0.15) is 0 Å². The lowest BCUT2D eigenvalue weighted by Gasteiger charge is -2.38. The summed E-state index contributed by atoms with van der Waals surface area (Å²) in [6, 6.07) is 7.58. The third-order valence-electron chi connectivity index (χ3n) is 3.28. The van der Waals surface area contributed by atoms with E-state index in [0.29, 0.717) is 13.0 Å². The molecule has 1 aromatic carbocycles.